The lowest BCUT2D eigenvalue weighted by Gasteiger charge is -2.20. The van der Waals surface area contributed by atoms with Gasteiger partial charge in [0.25, 0.3) is 11.8 Å². The SMILES string of the molecule is C=C/C=C1/C(=O)N(C(C=O)CCC(=O)NC)C(=O)/C1=C(/C)F. The van der Waals surface area contributed by atoms with Crippen molar-refractivity contribution in [3.05, 3.63) is 35.7 Å². The second kappa shape index (κ2) is 7.44. The van der Waals surface area contributed by atoms with Gasteiger partial charge in [0.05, 0.1) is 17.2 Å². The van der Waals surface area contributed by atoms with Crippen molar-refractivity contribution in [1.29, 1.82) is 0 Å². The molecule has 7 heteroatoms. The number of hydrogen-bond donors (Lipinski definition) is 1. The van der Waals surface area contributed by atoms with E-state index in [4.69, 9.17) is 0 Å². The largest absolute Gasteiger partial charge is 0.359 e. The van der Waals surface area contributed by atoms with Crippen LogP contribution in [0.3, 0.4) is 0 Å². The zero-order valence-corrected chi connectivity index (χ0v) is 12.4. The van der Waals surface area contributed by atoms with Crippen molar-refractivity contribution in [1.82, 2.24) is 10.2 Å². The van der Waals surface area contributed by atoms with Crippen LogP contribution in [0.4, 0.5) is 4.39 Å². The summed E-state index contributed by atoms with van der Waals surface area (Å²) in [5.74, 6) is -2.80. The number of likely N-dealkylation sites (tertiary alicyclic amines) is 1. The van der Waals surface area contributed by atoms with Crippen molar-refractivity contribution in [2.75, 3.05) is 7.05 Å². The molecule has 0 saturated carbocycles. The highest BCUT2D eigenvalue weighted by Gasteiger charge is 2.43. The summed E-state index contributed by atoms with van der Waals surface area (Å²) in [6, 6.07) is -1.12. The first-order valence-electron chi connectivity index (χ1n) is 6.62. The second-order valence-electron chi connectivity index (χ2n) is 4.62. The molecule has 1 fully saturated rings. The summed E-state index contributed by atoms with van der Waals surface area (Å²) in [4.78, 5) is 47.6. The summed E-state index contributed by atoms with van der Waals surface area (Å²) in [6.07, 6.45) is 2.82. The number of hydrogen-bond acceptors (Lipinski definition) is 4. The standard InChI is InChI=1S/C15H17FN2O4/c1-4-5-11-13(9(2)16)15(22)18(14(11)21)10(8-19)6-7-12(20)17-3/h4-5,8,10H,1,6-7H2,2-3H3,(H,17,20)/b11-5+,13-9-. The average Bonchev–Trinajstić information content (AvgIpc) is 2.72. The molecule has 3 amide bonds. The summed E-state index contributed by atoms with van der Waals surface area (Å²) in [5, 5.41) is 2.38. The molecule has 0 aromatic rings. The molecule has 1 rings (SSSR count). The number of carbonyl (C=O) groups is 4. The summed E-state index contributed by atoms with van der Waals surface area (Å²) >= 11 is 0. The molecule has 1 saturated heterocycles. The molecule has 1 unspecified atom stereocenters. The van der Waals surface area contributed by atoms with Gasteiger partial charge in [-0.2, -0.15) is 0 Å². The van der Waals surface area contributed by atoms with E-state index in [1.54, 1.807) is 0 Å². The van der Waals surface area contributed by atoms with Gasteiger partial charge in [0.2, 0.25) is 5.91 Å². The number of allylic oxidation sites excluding steroid dienone is 3. The highest BCUT2D eigenvalue weighted by molar-refractivity contribution is 6.25. The molecule has 0 aliphatic carbocycles. The normalized spacial score (nSPS) is 20.1. The molecule has 1 aliphatic rings. The van der Waals surface area contributed by atoms with Crippen LogP contribution in [0.2, 0.25) is 0 Å². The fraction of sp³-hybridized carbons (Fsp3) is 0.333. The lowest BCUT2D eigenvalue weighted by atomic mass is 10.1. The second-order valence-corrected chi connectivity index (χ2v) is 4.62. The Morgan fingerprint density at radius 2 is 2.05 bits per heavy atom. The van der Waals surface area contributed by atoms with Crippen LogP contribution in [0.25, 0.3) is 0 Å². The van der Waals surface area contributed by atoms with Crippen molar-refractivity contribution in [3.63, 3.8) is 0 Å². The molecule has 118 valence electrons. The van der Waals surface area contributed by atoms with Crippen LogP contribution >= 0.6 is 0 Å². The van der Waals surface area contributed by atoms with E-state index in [2.05, 4.69) is 11.9 Å². The predicted octanol–water partition coefficient (Wildman–Crippen LogP) is 0.805. The lowest BCUT2D eigenvalue weighted by Crippen LogP contribution is -2.41. The average molecular weight is 308 g/mol. The highest BCUT2D eigenvalue weighted by Crippen LogP contribution is 2.30. The van der Waals surface area contributed by atoms with Crippen LogP contribution in [0, 0.1) is 0 Å². The van der Waals surface area contributed by atoms with Crippen molar-refractivity contribution in [2.24, 2.45) is 0 Å². The van der Waals surface area contributed by atoms with Crippen molar-refractivity contribution in [2.45, 2.75) is 25.8 Å². The van der Waals surface area contributed by atoms with E-state index in [-0.39, 0.29) is 29.9 Å². The van der Waals surface area contributed by atoms with Gasteiger partial charge in [-0.3, -0.25) is 19.3 Å². The maximum absolute atomic E-state index is 13.6. The van der Waals surface area contributed by atoms with Gasteiger partial charge in [0, 0.05) is 13.5 Å². The first kappa shape index (κ1) is 17.5. The third-order valence-electron chi connectivity index (χ3n) is 3.21. The molecule has 22 heavy (non-hydrogen) atoms. The summed E-state index contributed by atoms with van der Waals surface area (Å²) in [7, 11) is 1.43. The molecular formula is C15H17FN2O4. The smallest absolute Gasteiger partial charge is 0.264 e. The Morgan fingerprint density at radius 1 is 1.41 bits per heavy atom. The zero-order valence-electron chi connectivity index (χ0n) is 12.4. The Balaban J connectivity index is 3.15. The monoisotopic (exact) mass is 308 g/mol. The van der Waals surface area contributed by atoms with E-state index < -0.39 is 23.7 Å². The molecular weight excluding hydrogens is 291 g/mol. The molecule has 1 N–H and O–H groups in total. The van der Waals surface area contributed by atoms with Gasteiger partial charge in [0.15, 0.2) is 0 Å². The van der Waals surface area contributed by atoms with E-state index in [0.717, 1.165) is 6.92 Å². The minimum Gasteiger partial charge on any atom is -0.359 e. The van der Waals surface area contributed by atoms with Crippen LogP contribution < -0.4 is 5.32 Å². The summed E-state index contributed by atoms with van der Waals surface area (Å²) in [5.41, 5.74) is -0.525. The number of nitrogens with zero attached hydrogens (tertiary/aromatic N) is 1. The van der Waals surface area contributed by atoms with Gasteiger partial charge in [0.1, 0.15) is 12.1 Å². The number of nitrogens with one attached hydrogen (secondary N) is 1. The zero-order chi connectivity index (χ0) is 16.9. The molecule has 0 aromatic heterocycles. The maximum Gasteiger partial charge on any atom is 0.264 e. The molecule has 1 atom stereocenters. The van der Waals surface area contributed by atoms with Crippen LogP contribution in [0.15, 0.2) is 35.7 Å². The van der Waals surface area contributed by atoms with Crippen molar-refractivity contribution in [3.8, 4) is 0 Å². The minimum absolute atomic E-state index is 0.0271. The van der Waals surface area contributed by atoms with Crippen molar-refractivity contribution < 1.29 is 23.6 Å². The molecule has 6 nitrogen and oxygen atoms in total. The van der Waals surface area contributed by atoms with Gasteiger partial charge in [-0.15, -0.1) is 0 Å². The maximum atomic E-state index is 13.6. The molecule has 0 aromatic carbocycles. The van der Waals surface area contributed by atoms with Crippen molar-refractivity contribution >= 4 is 24.0 Å². The Bertz CT molecular complexity index is 588. The van der Waals surface area contributed by atoms with Crippen LogP contribution in [-0.4, -0.2) is 42.0 Å². The van der Waals surface area contributed by atoms with Gasteiger partial charge >= 0.3 is 0 Å². The number of aldehydes is 1. The third kappa shape index (κ3) is 3.36. The minimum atomic E-state index is -1.12. The summed E-state index contributed by atoms with van der Waals surface area (Å²) < 4.78 is 13.6. The fourth-order valence-electron chi connectivity index (χ4n) is 2.13. The highest BCUT2D eigenvalue weighted by atomic mass is 19.1. The summed E-state index contributed by atoms with van der Waals surface area (Å²) in [6.45, 7) is 4.47. The Kier molecular flexibility index (Phi) is 5.91. The van der Waals surface area contributed by atoms with Gasteiger partial charge in [-0.25, -0.2) is 4.39 Å². The number of amides is 3. The van der Waals surface area contributed by atoms with Crippen LogP contribution in [-0.2, 0) is 19.2 Å². The molecule has 1 aliphatic heterocycles. The van der Waals surface area contributed by atoms with E-state index in [1.807, 2.05) is 0 Å². The van der Waals surface area contributed by atoms with E-state index >= 15 is 0 Å². The molecule has 0 radical (unpaired) electrons. The predicted molar refractivity (Wildman–Crippen MR) is 77.1 cm³/mol. The Morgan fingerprint density at radius 3 is 2.50 bits per heavy atom. The number of imide groups is 1. The molecule has 1 heterocycles. The van der Waals surface area contributed by atoms with Crippen LogP contribution in [0.5, 0.6) is 0 Å². The van der Waals surface area contributed by atoms with Crippen LogP contribution in [0.1, 0.15) is 19.8 Å². The molecule has 0 bridgehead atoms. The van der Waals surface area contributed by atoms with E-state index in [9.17, 15) is 23.6 Å². The Hall–Kier alpha value is -2.57. The first-order valence-corrected chi connectivity index (χ1v) is 6.62. The lowest BCUT2D eigenvalue weighted by molar-refractivity contribution is -0.142. The van der Waals surface area contributed by atoms with Gasteiger partial charge < -0.3 is 10.1 Å². The third-order valence-corrected chi connectivity index (χ3v) is 3.21. The quantitative estimate of drug-likeness (QED) is 0.447. The Labute approximate surface area is 127 Å². The van der Waals surface area contributed by atoms with Gasteiger partial charge in [-0.1, -0.05) is 12.7 Å². The van der Waals surface area contributed by atoms with E-state index in [1.165, 1.54) is 19.2 Å². The number of rotatable bonds is 6. The van der Waals surface area contributed by atoms with Gasteiger partial charge in [-0.05, 0) is 19.4 Å². The number of halogens is 1. The topological polar surface area (TPSA) is 83.6 Å². The van der Waals surface area contributed by atoms with E-state index in [0.29, 0.717) is 11.2 Å². The fourth-order valence-corrected chi connectivity index (χ4v) is 2.13. The first-order chi connectivity index (χ1) is 10.4. The number of carbonyl (C=O) groups excluding carboxylic acids is 4. The molecule has 0 spiro atoms.